The highest BCUT2D eigenvalue weighted by atomic mass is 35.5. The zero-order chi connectivity index (χ0) is 26.4. The standard InChI is InChI=1S/C26H35ClN4O5/c1-15(2)12-21(22(32)25-30-31(14-16(3)4)26(35)36-25)29-24(34)19-10-5-6-11-20(19)28-23(33)17-8-7-9-18(27)13-17/h7-9,13,15-16,19-21H,5-6,10-12,14H2,1-4H3,(H,28,33)(H,29,34)/t19-,20+,21+/m1/s1. The number of hydrogen-bond acceptors (Lipinski definition) is 6. The van der Waals surface area contributed by atoms with Gasteiger partial charge in [-0.25, -0.2) is 4.79 Å². The summed E-state index contributed by atoms with van der Waals surface area (Å²) in [4.78, 5) is 51.5. The van der Waals surface area contributed by atoms with Gasteiger partial charge in [-0.2, -0.15) is 4.68 Å². The Bertz CT molecular complexity index is 1140. The molecule has 0 aliphatic heterocycles. The molecule has 2 aromatic rings. The summed E-state index contributed by atoms with van der Waals surface area (Å²) >= 11 is 6.02. The third-order valence-electron chi connectivity index (χ3n) is 6.20. The lowest BCUT2D eigenvalue weighted by molar-refractivity contribution is -0.127. The average molecular weight is 519 g/mol. The Balaban J connectivity index is 1.75. The highest BCUT2D eigenvalue weighted by Crippen LogP contribution is 2.26. The number of nitrogens with zero attached hydrogens (tertiary/aromatic N) is 2. The summed E-state index contributed by atoms with van der Waals surface area (Å²) in [6.07, 6.45) is 3.34. The highest BCUT2D eigenvalue weighted by molar-refractivity contribution is 6.30. The smallest absolute Gasteiger partial charge is 0.384 e. The second kappa shape index (κ2) is 12.3. The van der Waals surface area contributed by atoms with Crippen LogP contribution in [0.5, 0.6) is 0 Å². The molecular formula is C26H35ClN4O5. The SMILES string of the molecule is CC(C)C[C@H](NC(=O)[C@@H]1CCCC[C@@H]1NC(=O)c1cccc(Cl)c1)C(=O)c1nn(CC(C)C)c(=O)o1. The number of carbonyl (C=O) groups is 3. The normalized spacial score (nSPS) is 18.8. The van der Waals surface area contributed by atoms with Gasteiger partial charge < -0.3 is 15.1 Å². The first-order valence-corrected chi connectivity index (χ1v) is 12.9. The van der Waals surface area contributed by atoms with Crippen molar-refractivity contribution in [2.75, 3.05) is 0 Å². The second-order valence-corrected chi connectivity index (χ2v) is 10.7. The summed E-state index contributed by atoms with van der Waals surface area (Å²) in [5, 5.41) is 10.4. The molecule has 3 atom stereocenters. The molecule has 9 nitrogen and oxygen atoms in total. The first-order chi connectivity index (χ1) is 17.0. The molecule has 3 rings (SSSR count). The zero-order valence-corrected chi connectivity index (χ0v) is 22.0. The third-order valence-corrected chi connectivity index (χ3v) is 6.44. The molecule has 1 aromatic heterocycles. The van der Waals surface area contributed by atoms with Crippen molar-refractivity contribution in [2.24, 2.45) is 17.8 Å². The molecular weight excluding hydrogens is 484 g/mol. The third kappa shape index (κ3) is 7.29. The molecule has 0 saturated heterocycles. The number of aromatic nitrogens is 2. The van der Waals surface area contributed by atoms with E-state index in [-0.39, 0.29) is 35.6 Å². The molecule has 1 heterocycles. The number of hydrogen-bond donors (Lipinski definition) is 2. The van der Waals surface area contributed by atoms with Gasteiger partial charge >= 0.3 is 5.76 Å². The number of nitrogens with one attached hydrogen (secondary N) is 2. The van der Waals surface area contributed by atoms with E-state index < -0.39 is 23.5 Å². The summed E-state index contributed by atoms with van der Waals surface area (Å²) in [5.41, 5.74) is 0.423. The number of carbonyl (C=O) groups excluding carboxylic acids is 3. The van der Waals surface area contributed by atoms with Gasteiger partial charge in [0.1, 0.15) is 0 Å². The van der Waals surface area contributed by atoms with E-state index in [4.69, 9.17) is 16.0 Å². The molecule has 10 heteroatoms. The van der Waals surface area contributed by atoms with Crippen molar-refractivity contribution >= 4 is 29.2 Å². The van der Waals surface area contributed by atoms with Crippen LogP contribution in [0.2, 0.25) is 5.02 Å². The minimum absolute atomic E-state index is 0.0911. The Morgan fingerprint density at radius 2 is 1.86 bits per heavy atom. The van der Waals surface area contributed by atoms with Gasteiger partial charge in [-0.1, -0.05) is 58.2 Å². The number of benzene rings is 1. The van der Waals surface area contributed by atoms with Gasteiger partial charge in [0, 0.05) is 16.6 Å². The Morgan fingerprint density at radius 1 is 1.14 bits per heavy atom. The molecule has 1 aromatic carbocycles. The topological polar surface area (TPSA) is 123 Å². The summed E-state index contributed by atoms with van der Waals surface area (Å²) in [7, 11) is 0. The van der Waals surface area contributed by atoms with Crippen LogP contribution in [0.3, 0.4) is 0 Å². The van der Waals surface area contributed by atoms with Gasteiger partial charge in [0.15, 0.2) is 0 Å². The molecule has 1 saturated carbocycles. The monoisotopic (exact) mass is 518 g/mol. The Kier molecular flexibility index (Phi) is 9.48. The van der Waals surface area contributed by atoms with Crippen molar-refractivity contribution in [3.8, 4) is 0 Å². The van der Waals surface area contributed by atoms with Gasteiger partial charge in [-0.3, -0.25) is 14.4 Å². The summed E-state index contributed by atoms with van der Waals surface area (Å²) in [6, 6.07) is 5.37. The van der Waals surface area contributed by atoms with Crippen LogP contribution >= 0.6 is 11.6 Å². The molecule has 0 bridgehead atoms. The van der Waals surface area contributed by atoms with Crippen LogP contribution in [0.1, 0.15) is 80.8 Å². The molecule has 1 fully saturated rings. The summed E-state index contributed by atoms with van der Waals surface area (Å²) < 4.78 is 6.26. The van der Waals surface area contributed by atoms with E-state index in [2.05, 4.69) is 15.7 Å². The quantitative estimate of drug-likeness (QED) is 0.460. The van der Waals surface area contributed by atoms with E-state index in [0.29, 0.717) is 36.4 Å². The van der Waals surface area contributed by atoms with Crippen LogP contribution in [0, 0.1) is 17.8 Å². The molecule has 2 N–H and O–H groups in total. The van der Waals surface area contributed by atoms with E-state index in [1.807, 2.05) is 27.7 Å². The average Bonchev–Trinajstić information content (AvgIpc) is 3.17. The van der Waals surface area contributed by atoms with E-state index in [1.165, 1.54) is 0 Å². The van der Waals surface area contributed by atoms with Crippen molar-refractivity contribution in [1.29, 1.82) is 0 Å². The maximum atomic E-state index is 13.4. The molecule has 0 radical (unpaired) electrons. The van der Waals surface area contributed by atoms with Crippen molar-refractivity contribution in [3.63, 3.8) is 0 Å². The fourth-order valence-corrected chi connectivity index (χ4v) is 4.69. The van der Waals surface area contributed by atoms with Gasteiger partial charge in [0.2, 0.25) is 11.7 Å². The highest BCUT2D eigenvalue weighted by Gasteiger charge is 2.35. The first kappa shape index (κ1) is 27.6. The fourth-order valence-electron chi connectivity index (χ4n) is 4.50. The lowest BCUT2D eigenvalue weighted by Crippen LogP contribution is -2.52. The zero-order valence-electron chi connectivity index (χ0n) is 21.3. The van der Waals surface area contributed by atoms with Gasteiger partial charge in [0.05, 0.1) is 18.5 Å². The van der Waals surface area contributed by atoms with Gasteiger partial charge in [0.25, 0.3) is 11.8 Å². The summed E-state index contributed by atoms with van der Waals surface area (Å²) in [5.74, 6) is -2.40. The van der Waals surface area contributed by atoms with Crippen molar-refractivity contribution in [3.05, 3.63) is 51.3 Å². The molecule has 1 aliphatic rings. The Hall–Kier alpha value is -2.94. The molecule has 2 amide bonds. The maximum Gasteiger partial charge on any atom is 0.437 e. The second-order valence-electron chi connectivity index (χ2n) is 10.3. The van der Waals surface area contributed by atoms with Gasteiger partial charge in [-0.15, -0.1) is 5.10 Å². The van der Waals surface area contributed by atoms with E-state index in [1.54, 1.807) is 24.3 Å². The molecule has 1 aliphatic carbocycles. The molecule has 0 spiro atoms. The van der Waals surface area contributed by atoms with Crippen LogP contribution in [0.15, 0.2) is 33.5 Å². The lowest BCUT2D eigenvalue weighted by Gasteiger charge is -2.32. The molecule has 196 valence electrons. The Labute approximate surface area is 216 Å². The number of ketones is 1. The lowest BCUT2D eigenvalue weighted by atomic mass is 9.83. The first-order valence-electron chi connectivity index (χ1n) is 12.5. The van der Waals surface area contributed by atoms with Crippen molar-refractivity contribution in [1.82, 2.24) is 20.4 Å². The van der Waals surface area contributed by atoms with Crippen molar-refractivity contribution in [2.45, 2.75) is 78.4 Å². The minimum atomic E-state index is -0.894. The van der Waals surface area contributed by atoms with Crippen LogP contribution in [0.4, 0.5) is 0 Å². The number of halogens is 1. The van der Waals surface area contributed by atoms with E-state index in [9.17, 15) is 19.2 Å². The predicted octanol–water partition coefficient (Wildman–Crippen LogP) is 3.85. The van der Waals surface area contributed by atoms with Crippen LogP contribution in [0.25, 0.3) is 0 Å². The Morgan fingerprint density at radius 3 is 2.53 bits per heavy atom. The molecule has 0 unspecified atom stereocenters. The predicted molar refractivity (Wildman–Crippen MR) is 136 cm³/mol. The van der Waals surface area contributed by atoms with E-state index >= 15 is 0 Å². The number of amides is 2. The molecule has 36 heavy (non-hydrogen) atoms. The number of rotatable bonds is 10. The maximum absolute atomic E-state index is 13.4. The summed E-state index contributed by atoms with van der Waals surface area (Å²) in [6.45, 7) is 8.06. The van der Waals surface area contributed by atoms with Crippen molar-refractivity contribution < 1.29 is 18.8 Å². The fraction of sp³-hybridized carbons (Fsp3) is 0.577. The van der Waals surface area contributed by atoms with E-state index in [0.717, 1.165) is 17.5 Å². The van der Waals surface area contributed by atoms with Crippen LogP contribution in [-0.2, 0) is 11.3 Å². The largest absolute Gasteiger partial charge is 0.437 e. The number of Topliss-reactive ketones (excluding diaryl/α,β-unsaturated/α-hetero) is 1. The van der Waals surface area contributed by atoms with Crippen LogP contribution < -0.4 is 16.4 Å². The minimum Gasteiger partial charge on any atom is -0.384 e. The van der Waals surface area contributed by atoms with Crippen LogP contribution in [-0.4, -0.2) is 39.5 Å². The van der Waals surface area contributed by atoms with Gasteiger partial charge in [-0.05, 0) is 49.3 Å².